The Balaban J connectivity index is 1.81. The van der Waals surface area contributed by atoms with Crippen LogP contribution in [0.3, 0.4) is 0 Å². The first-order valence-corrected chi connectivity index (χ1v) is 7.22. The van der Waals surface area contributed by atoms with Crippen molar-refractivity contribution in [3.8, 4) is 0 Å². The van der Waals surface area contributed by atoms with Gasteiger partial charge in [0.25, 0.3) is 0 Å². The number of rotatable bonds is 5. The number of nitrogens with zero attached hydrogens (tertiary/aromatic N) is 2. The minimum absolute atomic E-state index is 0.603. The van der Waals surface area contributed by atoms with E-state index in [1.807, 2.05) is 12.4 Å². The molecule has 1 aromatic carbocycles. The van der Waals surface area contributed by atoms with E-state index in [1.54, 1.807) is 0 Å². The maximum absolute atomic E-state index is 5.67. The summed E-state index contributed by atoms with van der Waals surface area (Å²) in [6, 6.07) is 11.5. The summed E-state index contributed by atoms with van der Waals surface area (Å²) < 4.78 is 0. The third-order valence-corrected chi connectivity index (χ3v) is 3.78. The number of aryl methyl sites for hydroxylation is 1. The lowest BCUT2D eigenvalue weighted by Gasteiger charge is -2.25. The third kappa shape index (κ3) is 2.99. The second kappa shape index (κ2) is 5.63. The first-order chi connectivity index (χ1) is 9.76. The van der Waals surface area contributed by atoms with Gasteiger partial charge in [-0.2, -0.15) is 0 Å². The molecule has 1 fully saturated rings. The minimum atomic E-state index is 0.603. The van der Waals surface area contributed by atoms with Crippen LogP contribution < -0.4 is 10.6 Å². The molecule has 2 N–H and O–H groups in total. The highest BCUT2D eigenvalue weighted by atomic mass is 15.2. The van der Waals surface area contributed by atoms with Crippen molar-refractivity contribution in [3.63, 3.8) is 0 Å². The molecule has 1 aliphatic rings. The molecular weight excluding hydrogens is 246 g/mol. The molecule has 0 aliphatic heterocycles. The molecule has 104 valence electrons. The summed E-state index contributed by atoms with van der Waals surface area (Å²) in [7, 11) is 0. The molecule has 20 heavy (non-hydrogen) atoms. The van der Waals surface area contributed by atoms with E-state index < -0.39 is 0 Å². The fraction of sp³-hybridized carbons (Fsp3) is 0.353. The van der Waals surface area contributed by atoms with Crippen molar-refractivity contribution in [2.24, 2.45) is 5.73 Å². The minimum Gasteiger partial charge on any atom is -0.364 e. The number of aromatic nitrogens is 1. The van der Waals surface area contributed by atoms with Gasteiger partial charge in [0, 0.05) is 37.2 Å². The van der Waals surface area contributed by atoms with Gasteiger partial charge in [-0.25, -0.2) is 0 Å². The normalized spacial score (nSPS) is 14.3. The maximum atomic E-state index is 5.67. The number of pyridine rings is 1. The quantitative estimate of drug-likeness (QED) is 0.905. The maximum Gasteiger partial charge on any atom is 0.0447 e. The summed E-state index contributed by atoms with van der Waals surface area (Å²) in [4.78, 5) is 6.78. The molecule has 1 heterocycles. The summed E-state index contributed by atoms with van der Waals surface area (Å²) in [6.45, 7) is 3.63. The molecule has 1 aromatic heterocycles. The van der Waals surface area contributed by atoms with E-state index in [0.717, 1.165) is 6.54 Å². The Bertz CT molecular complexity index is 573. The van der Waals surface area contributed by atoms with E-state index in [-0.39, 0.29) is 0 Å². The molecule has 1 aliphatic carbocycles. The van der Waals surface area contributed by atoms with E-state index in [2.05, 4.69) is 47.1 Å². The molecule has 1 saturated carbocycles. The number of anilines is 1. The first-order valence-electron chi connectivity index (χ1n) is 7.22. The fourth-order valence-corrected chi connectivity index (χ4v) is 2.54. The molecule has 0 amide bonds. The van der Waals surface area contributed by atoms with Crippen molar-refractivity contribution < 1.29 is 0 Å². The van der Waals surface area contributed by atoms with Gasteiger partial charge in [-0.15, -0.1) is 0 Å². The average Bonchev–Trinajstić information content (AvgIpc) is 3.30. The van der Waals surface area contributed by atoms with Gasteiger partial charge in [0.15, 0.2) is 0 Å². The Labute approximate surface area is 120 Å². The average molecular weight is 267 g/mol. The second-order valence-electron chi connectivity index (χ2n) is 5.60. The summed E-state index contributed by atoms with van der Waals surface area (Å²) in [5, 5.41) is 0. The highest BCUT2D eigenvalue weighted by molar-refractivity contribution is 5.50. The highest BCUT2D eigenvalue weighted by Crippen LogP contribution is 2.33. The largest absolute Gasteiger partial charge is 0.364 e. The number of hydrogen-bond donors (Lipinski definition) is 1. The summed E-state index contributed by atoms with van der Waals surface area (Å²) in [6.07, 6.45) is 6.45. The van der Waals surface area contributed by atoms with Crippen LogP contribution in [0.15, 0.2) is 42.7 Å². The number of hydrogen-bond acceptors (Lipinski definition) is 3. The van der Waals surface area contributed by atoms with Crippen LogP contribution in [0.25, 0.3) is 0 Å². The van der Waals surface area contributed by atoms with Crippen LogP contribution in [-0.4, -0.2) is 11.0 Å². The second-order valence-corrected chi connectivity index (χ2v) is 5.60. The van der Waals surface area contributed by atoms with Crippen molar-refractivity contribution in [2.45, 2.75) is 38.9 Å². The van der Waals surface area contributed by atoms with Crippen LogP contribution in [0.4, 0.5) is 5.69 Å². The number of nitrogens with two attached hydrogens (primary N) is 1. The van der Waals surface area contributed by atoms with Gasteiger partial charge in [-0.1, -0.05) is 18.2 Å². The molecule has 0 saturated heterocycles. The topological polar surface area (TPSA) is 42.2 Å². The van der Waals surface area contributed by atoms with E-state index >= 15 is 0 Å². The van der Waals surface area contributed by atoms with Gasteiger partial charge in [0.1, 0.15) is 0 Å². The summed E-state index contributed by atoms with van der Waals surface area (Å²) in [5.74, 6) is 0. The van der Waals surface area contributed by atoms with Gasteiger partial charge in [-0.05, 0) is 48.6 Å². The van der Waals surface area contributed by atoms with Crippen molar-refractivity contribution in [3.05, 3.63) is 59.4 Å². The van der Waals surface area contributed by atoms with Crippen LogP contribution in [0.5, 0.6) is 0 Å². The zero-order valence-electron chi connectivity index (χ0n) is 11.9. The lowest BCUT2D eigenvalue weighted by atomic mass is 10.1. The van der Waals surface area contributed by atoms with Crippen molar-refractivity contribution in [1.29, 1.82) is 0 Å². The predicted molar refractivity (Wildman–Crippen MR) is 82.5 cm³/mol. The lowest BCUT2D eigenvalue weighted by Crippen LogP contribution is -2.25. The predicted octanol–water partition coefficient (Wildman–Crippen LogP) is 3.02. The van der Waals surface area contributed by atoms with E-state index in [1.165, 1.54) is 35.2 Å². The standard InChI is InChI=1S/C17H21N3/c1-13-8-15(11-19-10-13)12-20(17-6-7-17)16-4-2-14(9-18)3-5-16/h2-5,8,10-11,17H,6-7,9,12,18H2,1H3. The zero-order chi connectivity index (χ0) is 13.9. The Morgan fingerprint density at radius 2 is 1.90 bits per heavy atom. The van der Waals surface area contributed by atoms with Crippen LogP contribution in [0.2, 0.25) is 0 Å². The van der Waals surface area contributed by atoms with Crippen molar-refractivity contribution in [1.82, 2.24) is 4.98 Å². The highest BCUT2D eigenvalue weighted by Gasteiger charge is 2.29. The molecule has 2 aromatic rings. The Morgan fingerprint density at radius 3 is 2.50 bits per heavy atom. The molecule has 3 heteroatoms. The Kier molecular flexibility index (Phi) is 3.70. The van der Waals surface area contributed by atoms with E-state index in [4.69, 9.17) is 5.73 Å². The zero-order valence-corrected chi connectivity index (χ0v) is 11.9. The molecule has 0 unspecified atom stereocenters. The monoisotopic (exact) mass is 267 g/mol. The van der Waals surface area contributed by atoms with Crippen LogP contribution in [0, 0.1) is 6.92 Å². The molecule has 0 atom stereocenters. The molecule has 3 rings (SSSR count). The van der Waals surface area contributed by atoms with Gasteiger partial charge in [-0.3, -0.25) is 4.98 Å². The first kappa shape index (κ1) is 13.1. The lowest BCUT2D eigenvalue weighted by molar-refractivity contribution is 0.790. The van der Waals surface area contributed by atoms with Gasteiger partial charge in [0.2, 0.25) is 0 Å². The Morgan fingerprint density at radius 1 is 1.15 bits per heavy atom. The van der Waals surface area contributed by atoms with Crippen LogP contribution >= 0.6 is 0 Å². The fourth-order valence-electron chi connectivity index (χ4n) is 2.54. The van der Waals surface area contributed by atoms with Crippen LogP contribution in [-0.2, 0) is 13.1 Å². The molecule has 0 spiro atoms. The molecule has 0 radical (unpaired) electrons. The van der Waals surface area contributed by atoms with E-state index in [0.29, 0.717) is 12.6 Å². The van der Waals surface area contributed by atoms with Crippen molar-refractivity contribution >= 4 is 5.69 Å². The van der Waals surface area contributed by atoms with Crippen molar-refractivity contribution in [2.75, 3.05) is 4.90 Å². The molecule has 3 nitrogen and oxygen atoms in total. The van der Waals surface area contributed by atoms with E-state index in [9.17, 15) is 0 Å². The third-order valence-electron chi connectivity index (χ3n) is 3.78. The van der Waals surface area contributed by atoms with Gasteiger partial charge in [0.05, 0.1) is 0 Å². The smallest absolute Gasteiger partial charge is 0.0447 e. The van der Waals surface area contributed by atoms with Gasteiger partial charge < -0.3 is 10.6 Å². The number of benzene rings is 1. The molecular formula is C17H21N3. The SMILES string of the molecule is Cc1cncc(CN(c2ccc(CN)cc2)C2CC2)c1. The summed E-state index contributed by atoms with van der Waals surface area (Å²) >= 11 is 0. The summed E-state index contributed by atoms with van der Waals surface area (Å²) in [5.41, 5.74) is 10.6. The van der Waals surface area contributed by atoms with Crippen LogP contribution in [0.1, 0.15) is 29.5 Å². The van der Waals surface area contributed by atoms with Gasteiger partial charge >= 0.3 is 0 Å². The molecule has 0 bridgehead atoms. The Hall–Kier alpha value is -1.87.